The first-order valence-corrected chi connectivity index (χ1v) is 11.5. The molecule has 3 N–H and O–H groups in total. The highest BCUT2D eigenvalue weighted by atomic mass is 32.2. The lowest BCUT2D eigenvalue weighted by atomic mass is 10.0. The van der Waals surface area contributed by atoms with Gasteiger partial charge in [0.05, 0.1) is 23.0 Å². The van der Waals surface area contributed by atoms with Crippen molar-refractivity contribution < 1.29 is 8.95 Å². The lowest BCUT2D eigenvalue weighted by molar-refractivity contribution is 0.218. The van der Waals surface area contributed by atoms with Gasteiger partial charge in [-0.1, -0.05) is 30.3 Å². The van der Waals surface area contributed by atoms with Gasteiger partial charge in [0.15, 0.2) is 0 Å². The lowest BCUT2D eigenvalue weighted by Gasteiger charge is -2.25. The summed E-state index contributed by atoms with van der Waals surface area (Å²) in [4.78, 5) is 4.74. The van der Waals surface area contributed by atoms with Crippen LogP contribution in [0.25, 0.3) is 5.70 Å². The maximum atomic E-state index is 12.2. The maximum Gasteiger partial charge on any atom is 0.135 e. The monoisotopic (exact) mass is 426 g/mol. The smallest absolute Gasteiger partial charge is 0.135 e. The van der Waals surface area contributed by atoms with E-state index in [-0.39, 0.29) is 0 Å². The molecule has 0 fully saturated rings. The van der Waals surface area contributed by atoms with E-state index in [2.05, 4.69) is 11.4 Å². The first kappa shape index (κ1) is 21.1. The molecule has 1 aliphatic heterocycles. The standard InChI is InChI=1S/C21H22N4O2S2/c1-27-11-12-29(26)14-28-21-18(13-22)19(15-5-3-2-4-6-15)24-20(25-21)16-7-9-17(23)10-8-16/h2-10,21H,11-12,14,23H2,1H3,(H,24,25). The van der Waals surface area contributed by atoms with Gasteiger partial charge in [0.25, 0.3) is 0 Å². The molecule has 0 saturated carbocycles. The molecule has 2 aromatic rings. The number of benzene rings is 2. The molecule has 0 amide bonds. The van der Waals surface area contributed by atoms with E-state index in [1.54, 1.807) is 7.11 Å². The second-order valence-electron chi connectivity index (χ2n) is 6.26. The highest BCUT2D eigenvalue weighted by Gasteiger charge is 2.27. The molecule has 8 heteroatoms. The Balaban J connectivity index is 1.93. The second-order valence-corrected chi connectivity index (χ2v) is 9.28. The largest absolute Gasteiger partial charge is 0.399 e. The molecule has 0 saturated heterocycles. The highest BCUT2D eigenvalue weighted by molar-refractivity contribution is 8.10. The van der Waals surface area contributed by atoms with E-state index in [0.29, 0.717) is 34.5 Å². The van der Waals surface area contributed by atoms with Crippen molar-refractivity contribution in [3.8, 4) is 6.07 Å². The summed E-state index contributed by atoms with van der Waals surface area (Å²) < 4.78 is 17.2. The third-order valence-electron chi connectivity index (χ3n) is 4.25. The van der Waals surface area contributed by atoms with E-state index < -0.39 is 16.2 Å². The number of nitriles is 1. The lowest BCUT2D eigenvalue weighted by Crippen LogP contribution is -2.32. The minimum absolute atomic E-state index is 0.375. The van der Waals surface area contributed by atoms with Gasteiger partial charge in [-0.2, -0.15) is 5.26 Å². The third-order valence-corrected chi connectivity index (χ3v) is 7.12. The summed E-state index contributed by atoms with van der Waals surface area (Å²) in [5.74, 6) is 1.11. The number of anilines is 1. The topological polar surface area (TPSA) is 100 Å². The number of nitrogens with one attached hydrogen (secondary N) is 1. The van der Waals surface area contributed by atoms with Crippen LogP contribution in [0.3, 0.4) is 0 Å². The van der Waals surface area contributed by atoms with Crippen molar-refractivity contribution >= 4 is 39.8 Å². The highest BCUT2D eigenvalue weighted by Crippen LogP contribution is 2.31. The van der Waals surface area contributed by atoms with Crippen molar-refractivity contribution in [2.24, 2.45) is 4.99 Å². The minimum atomic E-state index is -1.05. The zero-order valence-electron chi connectivity index (χ0n) is 16.0. The molecular weight excluding hydrogens is 404 g/mol. The molecule has 0 bridgehead atoms. The van der Waals surface area contributed by atoms with Crippen molar-refractivity contribution in [1.29, 1.82) is 5.26 Å². The molecule has 150 valence electrons. The van der Waals surface area contributed by atoms with Gasteiger partial charge in [-0.25, -0.2) is 4.99 Å². The molecule has 6 nitrogen and oxygen atoms in total. The SMILES string of the molecule is COCCS(=O)CSC1N=C(c2ccc(N)cc2)NC(c2ccccc2)=C1C#N. The zero-order chi connectivity index (χ0) is 20.6. The summed E-state index contributed by atoms with van der Waals surface area (Å²) in [5.41, 5.74) is 9.48. The van der Waals surface area contributed by atoms with Crippen LogP contribution in [0, 0.1) is 11.3 Å². The number of amidine groups is 1. The zero-order valence-corrected chi connectivity index (χ0v) is 17.6. The summed E-state index contributed by atoms with van der Waals surface area (Å²) in [5, 5.41) is 13.1. The number of rotatable bonds is 8. The van der Waals surface area contributed by atoms with Crippen LogP contribution >= 0.6 is 11.8 Å². The van der Waals surface area contributed by atoms with Crippen LogP contribution < -0.4 is 11.1 Å². The Morgan fingerprint density at radius 3 is 2.59 bits per heavy atom. The second kappa shape index (κ2) is 10.3. The van der Waals surface area contributed by atoms with Gasteiger partial charge in [-0.05, 0) is 29.8 Å². The van der Waals surface area contributed by atoms with Crippen LogP contribution in [0.5, 0.6) is 0 Å². The molecule has 2 unspecified atom stereocenters. The van der Waals surface area contributed by atoms with E-state index in [4.69, 9.17) is 15.5 Å². The molecule has 0 spiro atoms. The van der Waals surface area contributed by atoms with E-state index in [9.17, 15) is 9.47 Å². The number of aliphatic imine (C=N–C) groups is 1. The molecule has 2 atom stereocenters. The molecule has 0 aliphatic carbocycles. The quantitative estimate of drug-likeness (QED) is 0.630. The first-order valence-electron chi connectivity index (χ1n) is 8.98. The number of hydrogen-bond donors (Lipinski definition) is 2. The van der Waals surface area contributed by atoms with Crippen LogP contribution in [-0.2, 0) is 15.5 Å². The van der Waals surface area contributed by atoms with Gasteiger partial charge >= 0.3 is 0 Å². The van der Waals surface area contributed by atoms with Gasteiger partial charge in [-0.3, -0.25) is 4.21 Å². The molecule has 1 heterocycles. The normalized spacial score (nSPS) is 17.2. The van der Waals surface area contributed by atoms with E-state index >= 15 is 0 Å². The minimum Gasteiger partial charge on any atom is -0.399 e. The van der Waals surface area contributed by atoms with Crippen LogP contribution in [0.15, 0.2) is 65.2 Å². The molecule has 1 aliphatic rings. The van der Waals surface area contributed by atoms with Crippen LogP contribution in [0.1, 0.15) is 11.1 Å². The molecule has 3 rings (SSSR count). The Labute approximate surface area is 177 Å². The molecule has 0 radical (unpaired) electrons. The van der Waals surface area contributed by atoms with Gasteiger partial charge in [0.2, 0.25) is 0 Å². The van der Waals surface area contributed by atoms with Crippen molar-refractivity contribution in [3.05, 3.63) is 71.3 Å². The molecular formula is C21H22N4O2S2. The van der Waals surface area contributed by atoms with E-state index in [1.165, 1.54) is 11.8 Å². The summed E-state index contributed by atoms with van der Waals surface area (Å²) in [6, 6.07) is 19.4. The Kier molecular flexibility index (Phi) is 7.47. The van der Waals surface area contributed by atoms with Crippen molar-refractivity contribution in [3.63, 3.8) is 0 Å². The van der Waals surface area contributed by atoms with Crippen LogP contribution in [-0.4, -0.2) is 40.0 Å². The van der Waals surface area contributed by atoms with Crippen molar-refractivity contribution in [1.82, 2.24) is 5.32 Å². The third kappa shape index (κ3) is 5.48. The summed E-state index contributed by atoms with van der Waals surface area (Å²) in [6.07, 6.45) is 0. The fourth-order valence-corrected chi connectivity index (χ4v) is 5.21. The average Bonchev–Trinajstić information content (AvgIpc) is 2.76. The van der Waals surface area contributed by atoms with Gasteiger partial charge < -0.3 is 15.8 Å². The fourth-order valence-electron chi connectivity index (χ4n) is 2.75. The van der Waals surface area contributed by atoms with Gasteiger partial charge in [-0.15, -0.1) is 11.8 Å². The average molecular weight is 427 g/mol. The maximum absolute atomic E-state index is 12.2. The molecule has 2 aromatic carbocycles. The predicted molar refractivity (Wildman–Crippen MR) is 121 cm³/mol. The van der Waals surface area contributed by atoms with E-state index in [1.807, 2.05) is 54.6 Å². The number of nitrogens with zero attached hydrogens (tertiary/aromatic N) is 2. The number of thioether (sulfide) groups is 1. The fraction of sp³-hybridized carbons (Fsp3) is 0.238. The van der Waals surface area contributed by atoms with Gasteiger partial charge in [0.1, 0.15) is 17.3 Å². The number of hydrogen-bond acceptors (Lipinski definition) is 7. The van der Waals surface area contributed by atoms with Crippen LogP contribution in [0.2, 0.25) is 0 Å². The Morgan fingerprint density at radius 1 is 1.21 bits per heavy atom. The van der Waals surface area contributed by atoms with Crippen molar-refractivity contribution in [2.75, 3.05) is 30.3 Å². The van der Waals surface area contributed by atoms with Crippen molar-refractivity contribution in [2.45, 2.75) is 5.37 Å². The first-order chi connectivity index (χ1) is 14.1. The number of nitrogens with two attached hydrogens (primary N) is 1. The Morgan fingerprint density at radius 2 is 1.93 bits per heavy atom. The summed E-state index contributed by atoms with van der Waals surface area (Å²) >= 11 is 1.40. The van der Waals surface area contributed by atoms with Gasteiger partial charge in [0, 0.05) is 34.9 Å². The molecule has 29 heavy (non-hydrogen) atoms. The van der Waals surface area contributed by atoms with E-state index in [0.717, 1.165) is 16.8 Å². The summed E-state index contributed by atoms with van der Waals surface area (Å²) in [6.45, 7) is 0.440. The number of ether oxygens (including phenoxy) is 1. The Hall–Kier alpha value is -2.60. The molecule has 0 aromatic heterocycles. The number of nitrogen functional groups attached to an aromatic ring is 1. The Bertz CT molecular complexity index is 966. The predicted octanol–water partition coefficient (Wildman–Crippen LogP) is 2.97. The number of methoxy groups -OCH3 is 1. The van der Waals surface area contributed by atoms with Crippen LogP contribution in [0.4, 0.5) is 5.69 Å². The summed E-state index contributed by atoms with van der Waals surface area (Å²) in [7, 11) is 0.533.